The van der Waals surface area contributed by atoms with E-state index in [-0.39, 0.29) is 0 Å². The van der Waals surface area contributed by atoms with Gasteiger partial charge in [0.25, 0.3) is 0 Å². The molecule has 18 heavy (non-hydrogen) atoms. The van der Waals surface area contributed by atoms with Crippen LogP contribution in [0.5, 0.6) is 0 Å². The van der Waals surface area contributed by atoms with E-state index >= 15 is 0 Å². The quantitative estimate of drug-likeness (QED) is 0.506. The lowest BCUT2D eigenvalue weighted by Gasteiger charge is -2.13. The van der Waals surface area contributed by atoms with E-state index in [1.54, 1.807) is 0 Å². The van der Waals surface area contributed by atoms with Gasteiger partial charge in [0.05, 0.1) is 13.2 Å². The number of rotatable bonds is 10. The van der Waals surface area contributed by atoms with E-state index in [9.17, 15) is 0 Å². The van der Waals surface area contributed by atoms with Gasteiger partial charge in [0, 0.05) is 12.6 Å². The number of aryl methyl sites for hydroxylation is 1. The SMILES string of the molecule is C=CCCOCCNC(C)CCc1ccccc1. The van der Waals surface area contributed by atoms with Crippen LogP contribution in [0.2, 0.25) is 0 Å². The molecule has 0 aliphatic carbocycles. The predicted octanol–water partition coefficient (Wildman–Crippen LogP) is 3.19. The fraction of sp³-hybridized carbons (Fsp3) is 0.500. The molecule has 1 unspecified atom stereocenters. The van der Waals surface area contributed by atoms with E-state index in [0.29, 0.717) is 6.04 Å². The summed E-state index contributed by atoms with van der Waals surface area (Å²) in [5.41, 5.74) is 1.41. The van der Waals surface area contributed by atoms with Crippen LogP contribution >= 0.6 is 0 Å². The highest BCUT2D eigenvalue weighted by Crippen LogP contribution is 2.04. The smallest absolute Gasteiger partial charge is 0.0591 e. The van der Waals surface area contributed by atoms with Crippen molar-refractivity contribution in [3.05, 3.63) is 48.6 Å². The Bertz CT molecular complexity index is 310. The van der Waals surface area contributed by atoms with Crippen LogP contribution in [-0.4, -0.2) is 25.8 Å². The fourth-order valence-electron chi connectivity index (χ4n) is 1.78. The van der Waals surface area contributed by atoms with Crippen molar-refractivity contribution in [1.29, 1.82) is 0 Å². The van der Waals surface area contributed by atoms with E-state index in [1.807, 2.05) is 6.08 Å². The van der Waals surface area contributed by atoms with Gasteiger partial charge in [0.15, 0.2) is 0 Å². The molecule has 0 fully saturated rings. The van der Waals surface area contributed by atoms with Crippen molar-refractivity contribution in [3.63, 3.8) is 0 Å². The minimum Gasteiger partial charge on any atom is -0.380 e. The molecule has 0 radical (unpaired) electrons. The molecule has 0 heterocycles. The van der Waals surface area contributed by atoms with Crippen molar-refractivity contribution >= 4 is 0 Å². The zero-order chi connectivity index (χ0) is 13.1. The third kappa shape index (κ3) is 7.25. The first-order valence-electron chi connectivity index (χ1n) is 6.79. The molecule has 0 aliphatic rings. The Hall–Kier alpha value is -1.12. The molecule has 0 aromatic heterocycles. The maximum absolute atomic E-state index is 5.45. The van der Waals surface area contributed by atoms with Crippen LogP contribution in [0, 0.1) is 0 Å². The second-order valence-electron chi connectivity index (χ2n) is 4.57. The van der Waals surface area contributed by atoms with Crippen LogP contribution in [0.1, 0.15) is 25.3 Å². The van der Waals surface area contributed by atoms with Gasteiger partial charge >= 0.3 is 0 Å². The lowest BCUT2D eigenvalue weighted by Crippen LogP contribution is -2.29. The molecule has 0 amide bonds. The van der Waals surface area contributed by atoms with Crippen LogP contribution in [0.25, 0.3) is 0 Å². The van der Waals surface area contributed by atoms with Crippen molar-refractivity contribution in [2.24, 2.45) is 0 Å². The van der Waals surface area contributed by atoms with Crippen LogP contribution in [0.3, 0.4) is 0 Å². The topological polar surface area (TPSA) is 21.3 Å². The maximum Gasteiger partial charge on any atom is 0.0591 e. The molecule has 1 rings (SSSR count). The van der Waals surface area contributed by atoms with Gasteiger partial charge in [-0.1, -0.05) is 36.4 Å². The first kappa shape index (κ1) is 14.9. The number of ether oxygens (including phenoxy) is 1. The summed E-state index contributed by atoms with van der Waals surface area (Å²) >= 11 is 0. The standard InChI is InChI=1S/C16H25NO/c1-3-4-13-18-14-12-17-15(2)10-11-16-8-6-5-7-9-16/h3,5-9,15,17H,1,4,10-14H2,2H3. The highest BCUT2D eigenvalue weighted by molar-refractivity contribution is 5.14. The highest BCUT2D eigenvalue weighted by Gasteiger charge is 2.01. The second-order valence-corrected chi connectivity index (χ2v) is 4.57. The normalized spacial score (nSPS) is 12.3. The molecule has 2 heteroatoms. The first-order valence-corrected chi connectivity index (χ1v) is 6.79. The van der Waals surface area contributed by atoms with Crippen molar-refractivity contribution in [3.8, 4) is 0 Å². The van der Waals surface area contributed by atoms with Gasteiger partial charge in [0.2, 0.25) is 0 Å². The van der Waals surface area contributed by atoms with Gasteiger partial charge in [-0.2, -0.15) is 0 Å². The lowest BCUT2D eigenvalue weighted by molar-refractivity contribution is 0.138. The van der Waals surface area contributed by atoms with E-state index in [1.165, 1.54) is 5.56 Å². The Kier molecular flexibility index (Phi) is 8.19. The summed E-state index contributed by atoms with van der Waals surface area (Å²) < 4.78 is 5.45. The van der Waals surface area contributed by atoms with Gasteiger partial charge in [-0.15, -0.1) is 6.58 Å². The third-order valence-corrected chi connectivity index (χ3v) is 2.91. The van der Waals surface area contributed by atoms with Crippen molar-refractivity contribution in [2.75, 3.05) is 19.8 Å². The molecule has 0 saturated heterocycles. The summed E-state index contributed by atoms with van der Waals surface area (Å²) in [6.07, 6.45) is 5.11. The lowest BCUT2D eigenvalue weighted by atomic mass is 10.1. The van der Waals surface area contributed by atoms with Gasteiger partial charge in [0.1, 0.15) is 0 Å². The Morgan fingerprint density at radius 2 is 2.06 bits per heavy atom. The monoisotopic (exact) mass is 247 g/mol. The molecular formula is C16H25NO. The third-order valence-electron chi connectivity index (χ3n) is 2.91. The van der Waals surface area contributed by atoms with Crippen molar-refractivity contribution in [2.45, 2.75) is 32.2 Å². The van der Waals surface area contributed by atoms with Crippen LogP contribution < -0.4 is 5.32 Å². The molecule has 100 valence electrons. The number of benzene rings is 1. The molecule has 0 aliphatic heterocycles. The molecule has 1 atom stereocenters. The van der Waals surface area contributed by atoms with Crippen LogP contribution in [-0.2, 0) is 11.2 Å². The average Bonchev–Trinajstić information content (AvgIpc) is 2.41. The van der Waals surface area contributed by atoms with Crippen molar-refractivity contribution < 1.29 is 4.74 Å². The zero-order valence-electron chi connectivity index (χ0n) is 11.4. The minimum atomic E-state index is 0.535. The number of hydrogen-bond acceptors (Lipinski definition) is 2. The largest absolute Gasteiger partial charge is 0.380 e. The Balaban J connectivity index is 2.00. The van der Waals surface area contributed by atoms with Gasteiger partial charge in [-0.05, 0) is 31.7 Å². The molecule has 0 saturated carbocycles. The molecule has 0 bridgehead atoms. The Morgan fingerprint density at radius 3 is 2.78 bits per heavy atom. The van der Waals surface area contributed by atoms with E-state index in [0.717, 1.165) is 39.0 Å². The molecule has 1 aromatic rings. The summed E-state index contributed by atoms with van der Waals surface area (Å²) in [6.45, 7) is 8.38. The Morgan fingerprint density at radius 1 is 1.28 bits per heavy atom. The summed E-state index contributed by atoms with van der Waals surface area (Å²) in [5.74, 6) is 0. The number of hydrogen-bond donors (Lipinski definition) is 1. The van der Waals surface area contributed by atoms with Gasteiger partial charge in [-0.25, -0.2) is 0 Å². The first-order chi connectivity index (χ1) is 8.83. The van der Waals surface area contributed by atoms with Crippen molar-refractivity contribution in [1.82, 2.24) is 5.32 Å². The summed E-state index contributed by atoms with van der Waals surface area (Å²) in [5, 5.41) is 3.48. The predicted molar refractivity (Wildman–Crippen MR) is 77.9 cm³/mol. The summed E-state index contributed by atoms with van der Waals surface area (Å²) in [7, 11) is 0. The van der Waals surface area contributed by atoms with Gasteiger partial charge < -0.3 is 10.1 Å². The molecular weight excluding hydrogens is 222 g/mol. The highest BCUT2D eigenvalue weighted by atomic mass is 16.5. The molecule has 2 nitrogen and oxygen atoms in total. The number of nitrogens with one attached hydrogen (secondary N) is 1. The molecule has 1 N–H and O–H groups in total. The zero-order valence-corrected chi connectivity index (χ0v) is 11.4. The summed E-state index contributed by atoms with van der Waals surface area (Å²) in [6, 6.07) is 11.2. The van der Waals surface area contributed by atoms with E-state index in [2.05, 4.69) is 49.2 Å². The van der Waals surface area contributed by atoms with E-state index in [4.69, 9.17) is 4.74 Å². The summed E-state index contributed by atoms with van der Waals surface area (Å²) in [4.78, 5) is 0. The van der Waals surface area contributed by atoms with Crippen LogP contribution in [0.15, 0.2) is 43.0 Å². The van der Waals surface area contributed by atoms with Crippen LogP contribution in [0.4, 0.5) is 0 Å². The Labute approximate surface area is 111 Å². The maximum atomic E-state index is 5.45. The van der Waals surface area contributed by atoms with E-state index < -0.39 is 0 Å². The second kappa shape index (κ2) is 9.86. The molecule has 0 spiro atoms. The van der Waals surface area contributed by atoms with Gasteiger partial charge in [-0.3, -0.25) is 0 Å². The average molecular weight is 247 g/mol. The minimum absolute atomic E-state index is 0.535. The fourth-order valence-corrected chi connectivity index (χ4v) is 1.78. The molecule has 1 aromatic carbocycles.